The molecule has 0 atom stereocenters. The molecule has 5 nitrogen and oxygen atoms in total. The van der Waals surface area contributed by atoms with Crippen LogP contribution in [0.1, 0.15) is 10.4 Å². The number of carboxylic acids is 1. The first-order valence-electron chi connectivity index (χ1n) is 5.27. The number of aromatic carboxylic acids is 1. The number of nitro groups is 1. The Kier molecular flexibility index (Phi) is 4.10. The van der Waals surface area contributed by atoms with Gasteiger partial charge in [0, 0.05) is 0 Å². The zero-order valence-corrected chi connectivity index (χ0v) is 11.7. The molecule has 2 rings (SSSR count). The van der Waals surface area contributed by atoms with E-state index in [0.29, 0.717) is 3.57 Å². The van der Waals surface area contributed by atoms with E-state index < -0.39 is 32.1 Å². The van der Waals surface area contributed by atoms with E-state index >= 15 is 0 Å². The van der Waals surface area contributed by atoms with Gasteiger partial charge in [-0.1, -0.05) is 0 Å². The molecule has 0 saturated carbocycles. The van der Waals surface area contributed by atoms with Crippen LogP contribution in [0.5, 0.6) is 0 Å². The van der Waals surface area contributed by atoms with Gasteiger partial charge in [-0.2, -0.15) is 0 Å². The van der Waals surface area contributed by atoms with E-state index in [1.165, 1.54) is 18.2 Å². The van der Waals surface area contributed by atoms with E-state index in [4.69, 9.17) is 0 Å². The number of non-ortho nitro benzene ring substituents is 1. The summed E-state index contributed by atoms with van der Waals surface area (Å²) in [6, 6.07) is 12.9. The SMILES string of the molecule is O=C([O-])c1ccccc1[I-]c1cccc([N+](=O)[O-])c1. The molecule has 0 aliphatic heterocycles. The summed E-state index contributed by atoms with van der Waals surface area (Å²) in [6.07, 6.45) is 0. The maximum absolute atomic E-state index is 11.0. The zero-order valence-electron chi connectivity index (χ0n) is 9.58. The minimum atomic E-state index is -1.22. The standard InChI is InChI=1S/C13H9INO4/c16-13(17)11-6-1-2-7-12(11)14-9-4-3-5-10(8-9)15(18)19/h1-8H,(H,16,17)/q-1/p-1. The quantitative estimate of drug-likeness (QED) is 0.358. The van der Waals surface area contributed by atoms with Crippen LogP contribution in [0.25, 0.3) is 0 Å². The van der Waals surface area contributed by atoms with E-state index in [1.807, 2.05) is 0 Å². The Morgan fingerprint density at radius 2 is 1.84 bits per heavy atom. The van der Waals surface area contributed by atoms with Crippen molar-refractivity contribution in [1.29, 1.82) is 0 Å². The zero-order chi connectivity index (χ0) is 13.8. The Labute approximate surface area is 119 Å². The first kappa shape index (κ1) is 13.5. The number of rotatable bonds is 4. The summed E-state index contributed by atoms with van der Waals surface area (Å²) >= 11 is -0.794. The van der Waals surface area contributed by atoms with E-state index in [0.717, 1.165) is 3.57 Å². The fourth-order valence-corrected chi connectivity index (χ4v) is 4.09. The van der Waals surface area contributed by atoms with Crippen molar-refractivity contribution in [2.45, 2.75) is 0 Å². The van der Waals surface area contributed by atoms with E-state index in [9.17, 15) is 20.0 Å². The summed E-state index contributed by atoms with van der Waals surface area (Å²) in [5, 5.41) is 21.7. The van der Waals surface area contributed by atoms with Crippen molar-refractivity contribution in [2.75, 3.05) is 0 Å². The van der Waals surface area contributed by atoms with Crippen LogP contribution in [-0.2, 0) is 0 Å². The Balaban J connectivity index is 2.34. The molecule has 0 aliphatic carbocycles. The van der Waals surface area contributed by atoms with Gasteiger partial charge in [-0.05, 0) is 0 Å². The monoisotopic (exact) mass is 369 g/mol. The predicted molar refractivity (Wildman–Crippen MR) is 61.3 cm³/mol. The van der Waals surface area contributed by atoms with Crippen molar-refractivity contribution in [2.24, 2.45) is 0 Å². The molecular formula is C13H8INO4-2. The molecule has 6 heteroatoms. The summed E-state index contributed by atoms with van der Waals surface area (Å²) in [5.74, 6) is -1.22. The number of carboxylic acid groups (broad SMARTS) is 1. The Morgan fingerprint density at radius 1 is 1.11 bits per heavy atom. The molecule has 0 aliphatic rings. The van der Waals surface area contributed by atoms with Gasteiger partial charge in [0.15, 0.2) is 0 Å². The van der Waals surface area contributed by atoms with E-state index in [2.05, 4.69) is 0 Å². The first-order chi connectivity index (χ1) is 9.08. The van der Waals surface area contributed by atoms with Crippen molar-refractivity contribution >= 4 is 11.7 Å². The third-order valence-electron chi connectivity index (χ3n) is 2.32. The Hall–Kier alpha value is -1.96. The number of nitrogens with zero attached hydrogens (tertiary/aromatic N) is 1. The number of carbonyl (C=O) groups excluding carboxylic acids is 1. The molecule has 0 heterocycles. The van der Waals surface area contributed by atoms with Gasteiger partial charge in [0.05, 0.1) is 0 Å². The van der Waals surface area contributed by atoms with E-state index in [1.54, 1.807) is 30.3 Å². The fourth-order valence-electron chi connectivity index (χ4n) is 1.48. The topological polar surface area (TPSA) is 83.3 Å². The predicted octanol–water partition coefficient (Wildman–Crippen LogP) is -1.91. The molecule has 0 fully saturated rings. The molecule has 0 aromatic heterocycles. The number of hydrogen-bond acceptors (Lipinski definition) is 4. The van der Waals surface area contributed by atoms with Crippen LogP contribution in [0.4, 0.5) is 5.69 Å². The van der Waals surface area contributed by atoms with Gasteiger partial charge in [0.2, 0.25) is 0 Å². The van der Waals surface area contributed by atoms with Crippen LogP contribution < -0.4 is 26.3 Å². The van der Waals surface area contributed by atoms with Crippen molar-refractivity contribution in [3.05, 3.63) is 71.3 Å². The van der Waals surface area contributed by atoms with Gasteiger partial charge in [-0.3, -0.25) is 0 Å². The fraction of sp³-hybridized carbons (Fsp3) is 0. The van der Waals surface area contributed by atoms with Gasteiger partial charge in [-0.25, -0.2) is 0 Å². The summed E-state index contributed by atoms with van der Waals surface area (Å²) < 4.78 is 1.48. The van der Waals surface area contributed by atoms with Gasteiger partial charge >= 0.3 is 119 Å². The van der Waals surface area contributed by atoms with Crippen molar-refractivity contribution in [3.8, 4) is 0 Å². The number of benzene rings is 2. The van der Waals surface area contributed by atoms with Gasteiger partial charge in [0.1, 0.15) is 0 Å². The maximum atomic E-state index is 11.0. The number of nitro benzene ring substituents is 1. The van der Waals surface area contributed by atoms with E-state index in [-0.39, 0.29) is 11.3 Å². The molecule has 0 N–H and O–H groups in total. The molecular weight excluding hydrogens is 361 g/mol. The normalized spacial score (nSPS) is 10.3. The van der Waals surface area contributed by atoms with Crippen LogP contribution in [0.3, 0.4) is 0 Å². The minimum absolute atomic E-state index is 0.0168. The summed E-state index contributed by atoms with van der Waals surface area (Å²) in [6.45, 7) is 0. The molecule has 0 spiro atoms. The average molecular weight is 369 g/mol. The number of hydrogen-bond donors (Lipinski definition) is 0. The number of halogens is 1. The van der Waals surface area contributed by atoms with Gasteiger partial charge < -0.3 is 0 Å². The van der Waals surface area contributed by atoms with Gasteiger partial charge in [0.25, 0.3) is 0 Å². The molecule has 2 aromatic carbocycles. The number of carbonyl (C=O) groups is 1. The Morgan fingerprint density at radius 3 is 2.53 bits per heavy atom. The molecule has 98 valence electrons. The molecule has 0 unspecified atom stereocenters. The third kappa shape index (κ3) is 3.28. The molecule has 0 saturated heterocycles. The van der Waals surface area contributed by atoms with Crippen molar-refractivity contribution in [3.63, 3.8) is 0 Å². The summed E-state index contributed by atoms with van der Waals surface area (Å²) in [7, 11) is 0. The molecule has 19 heavy (non-hydrogen) atoms. The summed E-state index contributed by atoms with van der Waals surface area (Å²) in [4.78, 5) is 21.2. The first-order valence-corrected chi connectivity index (χ1v) is 7.43. The summed E-state index contributed by atoms with van der Waals surface area (Å²) in [5.41, 5.74) is 0.171. The van der Waals surface area contributed by atoms with Crippen LogP contribution in [-0.4, -0.2) is 10.9 Å². The second kappa shape index (κ2) is 5.79. The Bertz CT molecular complexity index is 642. The van der Waals surface area contributed by atoms with Crippen LogP contribution >= 0.6 is 0 Å². The van der Waals surface area contributed by atoms with Crippen LogP contribution in [0.15, 0.2) is 48.5 Å². The second-order valence-corrected chi connectivity index (χ2v) is 6.55. The van der Waals surface area contributed by atoms with Crippen molar-refractivity contribution in [1.82, 2.24) is 0 Å². The molecule has 0 radical (unpaired) electrons. The van der Waals surface area contributed by atoms with Gasteiger partial charge in [-0.15, -0.1) is 0 Å². The molecule has 2 aromatic rings. The molecule has 0 bridgehead atoms. The third-order valence-corrected chi connectivity index (χ3v) is 5.14. The average Bonchev–Trinajstić information content (AvgIpc) is 2.39. The molecule has 0 amide bonds. The van der Waals surface area contributed by atoms with Crippen molar-refractivity contribution < 1.29 is 36.0 Å². The second-order valence-electron chi connectivity index (χ2n) is 3.60. The van der Waals surface area contributed by atoms with Crippen LogP contribution in [0, 0.1) is 17.3 Å². The van der Waals surface area contributed by atoms with Crippen LogP contribution in [0.2, 0.25) is 0 Å².